The van der Waals surface area contributed by atoms with E-state index in [9.17, 15) is 5.11 Å². The molecule has 1 aromatic carbocycles. The van der Waals surface area contributed by atoms with Crippen molar-refractivity contribution in [3.8, 4) is 5.75 Å². The zero-order chi connectivity index (χ0) is 8.55. The molecule has 0 bridgehead atoms. The van der Waals surface area contributed by atoms with Gasteiger partial charge in [0.05, 0.1) is 0 Å². The molecule has 1 aromatic heterocycles. The number of para-hydroxylation sites is 1. The lowest BCUT2D eigenvalue weighted by atomic mass is 10.3. The molecule has 1 heterocycles. The Hall–Kier alpha value is -1.55. The van der Waals surface area contributed by atoms with Gasteiger partial charge in [0.15, 0.2) is 11.3 Å². The Morgan fingerprint density at radius 1 is 1.42 bits per heavy atom. The summed E-state index contributed by atoms with van der Waals surface area (Å²) in [6.07, 6.45) is 0. The van der Waals surface area contributed by atoms with Gasteiger partial charge in [0, 0.05) is 0 Å². The van der Waals surface area contributed by atoms with E-state index >= 15 is 0 Å². The van der Waals surface area contributed by atoms with Gasteiger partial charge in [-0.2, -0.15) is 0 Å². The van der Waals surface area contributed by atoms with Crippen LogP contribution in [0.25, 0.3) is 11.1 Å². The van der Waals surface area contributed by atoms with Gasteiger partial charge in [0.1, 0.15) is 12.1 Å². The lowest BCUT2D eigenvalue weighted by Gasteiger charge is -1.88. The molecule has 0 radical (unpaired) electrons. The third kappa shape index (κ3) is 0.931. The minimum atomic E-state index is -0.256. The Morgan fingerprint density at radius 3 is 2.92 bits per heavy atom. The van der Waals surface area contributed by atoms with Crippen LogP contribution in [-0.2, 0) is 6.61 Å². The maximum atomic E-state index is 9.26. The van der Waals surface area contributed by atoms with E-state index in [2.05, 4.69) is 4.98 Å². The molecule has 2 aromatic rings. The average molecular weight is 165 g/mol. The molecule has 0 aliphatic heterocycles. The van der Waals surface area contributed by atoms with Gasteiger partial charge in [-0.15, -0.1) is 0 Å². The van der Waals surface area contributed by atoms with E-state index in [1.54, 1.807) is 12.1 Å². The summed E-state index contributed by atoms with van der Waals surface area (Å²) in [5.41, 5.74) is 0.876. The number of benzene rings is 1. The zero-order valence-corrected chi connectivity index (χ0v) is 6.19. The first-order valence-corrected chi connectivity index (χ1v) is 3.49. The number of nitrogens with zero attached hydrogens (tertiary/aromatic N) is 1. The van der Waals surface area contributed by atoms with Crippen molar-refractivity contribution in [2.45, 2.75) is 6.61 Å². The van der Waals surface area contributed by atoms with E-state index in [-0.39, 0.29) is 18.2 Å². The van der Waals surface area contributed by atoms with Crippen LogP contribution in [0.3, 0.4) is 0 Å². The number of oxazole rings is 1. The molecule has 0 atom stereocenters. The van der Waals surface area contributed by atoms with Crippen LogP contribution in [0.1, 0.15) is 5.89 Å². The highest BCUT2D eigenvalue weighted by molar-refractivity contribution is 5.78. The molecule has 0 aliphatic rings. The first-order chi connectivity index (χ1) is 5.81. The second kappa shape index (κ2) is 2.49. The maximum absolute atomic E-state index is 9.26. The molecule has 0 aliphatic carbocycles. The number of fused-ring (bicyclic) bond motifs is 1. The van der Waals surface area contributed by atoms with Crippen molar-refractivity contribution >= 4 is 11.1 Å². The van der Waals surface area contributed by atoms with Gasteiger partial charge >= 0.3 is 0 Å². The highest BCUT2D eigenvalue weighted by Crippen LogP contribution is 2.24. The molecule has 0 saturated carbocycles. The van der Waals surface area contributed by atoms with Crippen LogP contribution in [0.5, 0.6) is 5.75 Å². The van der Waals surface area contributed by atoms with E-state index in [0.717, 1.165) is 0 Å². The van der Waals surface area contributed by atoms with Crippen LogP contribution in [0.2, 0.25) is 0 Å². The normalized spacial score (nSPS) is 10.8. The van der Waals surface area contributed by atoms with Crippen molar-refractivity contribution in [3.05, 3.63) is 24.1 Å². The minimum absolute atomic E-state index is 0.0414. The molecule has 0 fully saturated rings. The van der Waals surface area contributed by atoms with E-state index < -0.39 is 0 Å². The summed E-state index contributed by atoms with van der Waals surface area (Å²) in [5, 5.41) is 18.0. The number of aromatic nitrogens is 1. The van der Waals surface area contributed by atoms with Crippen LogP contribution in [0.4, 0.5) is 0 Å². The lowest BCUT2D eigenvalue weighted by molar-refractivity contribution is 0.243. The van der Waals surface area contributed by atoms with Gasteiger partial charge in [-0.05, 0) is 12.1 Å². The largest absolute Gasteiger partial charge is 0.504 e. The second-order valence-corrected chi connectivity index (χ2v) is 2.39. The van der Waals surface area contributed by atoms with Gasteiger partial charge < -0.3 is 14.6 Å². The number of aliphatic hydroxyl groups excluding tert-OH is 1. The van der Waals surface area contributed by atoms with Crippen LogP contribution in [-0.4, -0.2) is 15.2 Å². The fraction of sp³-hybridized carbons (Fsp3) is 0.125. The van der Waals surface area contributed by atoms with Gasteiger partial charge in [0.25, 0.3) is 0 Å². The third-order valence-corrected chi connectivity index (χ3v) is 1.57. The number of hydrogen-bond donors (Lipinski definition) is 2. The lowest BCUT2D eigenvalue weighted by Crippen LogP contribution is -1.78. The van der Waals surface area contributed by atoms with Crippen molar-refractivity contribution in [1.29, 1.82) is 0 Å². The van der Waals surface area contributed by atoms with Gasteiger partial charge in [-0.1, -0.05) is 6.07 Å². The molecule has 0 amide bonds. The number of hydrogen-bond acceptors (Lipinski definition) is 4. The first-order valence-electron chi connectivity index (χ1n) is 3.49. The summed E-state index contributed by atoms with van der Waals surface area (Å²) >= 11 is 0. The molecule has 62 valence electrons. The van der Waals surface area contributed by atoms with Crippen LogP contribution in [0, 0.1) is 0 Å². The summed E-state index contributed by atoms with van der Waals surface area (Å²) in [6.45, 7) is -0.256. The van der Waals surface area contributed by atoms with Crippen LogP contribution >= 0.6 is 0 Å². The third-order valence-electron chi connectivity index (χ3n) is 1.57. The van der Waals surface area contributed by atoms with Crippen molar-refractivity contribution in [1.82, 2.24) is 4.98 Å². The number of aromatic hydroxyl groups is 1. The van der Waals surface area contributed by atoms with E-state index in [4.69, 9.17) is 9.52 Å². The Labute approximate surface area is 68.1 Å². The number of rotatable bonds is 1. The van der Waals surface area contributed by atoms with Gasteiger partial charge in [-0.25, -0.2) is 4.98 Å². The first kappa shape index (κ1) is 7.12. The average Bonchev–Trinajstić information content (AvgIpc) is 2.49. The molecule has 4 nitrogen and oxygen atoms in total. The quantitative estimate of drug-likeness (QED) is 0.662. The Kier molecular flexibility index (Phi) is 1.48. The fourth-order valence-electron chi connectivity index (χ4n) is 1.05. The summed E-state index contributed by atoms with van der Waals surface area (Å²) in [4.78, 5) is 3.92. The number of phenols is 1. The topological polar surface area (TPSA) is 66.5 Å². The summed E-state index contributed by atoms with van der Waals surface area (Å²) in [7, 11) is 0. The molecular weight excluding hydrogens is 158 g/mol. The highest BCUT2D eigenvalue weighted by atomic mass is 16.4. The molecule has 0 saturated heterocycles. The van der Waals surface area contributed by atoms with Crippen LogP contribution < -0.4 is 0 Å². The molecule has 12 heavy (non-hydrogen) atoms. The minimum Gasteiger partial charge on any atom is -0.504 e. The predicted molar refractivity (Wildman–Crippen MR) is 41.6 cm³/mol. The predicted octanol–water partition coefficient (Wildman–Crippen LogP) is 1.03. The number of phenolic OH excluding ortho intramolecular Hbond substituents is 1. The Morgan fingerprint density at radius 2 is 2.25 bits per heavy atom. The number of aliphatic hydroxyl groups is 1. The molecule has 4 heteroatoms. The fourth-order valence-corrected chi connectivity index (χ4v) is 1.05. The zero-order valence-electron chi connectivity index (χ0n) is 6.19. The second-order valence-electron chi connectivity index (χ2n) is 2.39. The molecule has 0 spiro atoms. The summed E-state index contributed by atoms with van der Waals surface area (Å²) < 4.78 is 5.04. The smallest absolute Gasteiger partial charge is 0.221 e. The van der Waals surface area contributed by atoms with Crippen molar-refractivity contribution < 1.29 is 14.6 Å². The van der Waals surface area contributed by atoms with Crippen molar-refractivity contribution in [2.75, 3.05) is 0 Å². The molecule has 2 N–H and O–H groups in total. The summed E-state index contributed by atoms with van der Waals surface area (Å²) in [6, 6.07) is 4.88. The van der Waals surface area contributed by atoms with Gasteiger partial charge in [-0.3, -0.25) is 0 Å². The van der Waals surface area contributed by atoms with Crippen molar-refractivity contribution in [3.63, 3.8) is 0 Å². The molecular formula is C8H7NO3. The standard InChI is InChI=1S/C8H7NO3/c10-4-7-9-5-2-1-3-6(11)8(5)12-7/h1-3,10-11H,4H2. The molecule has 2 rings (SSSR count). The Balaban J connectivity index is 2.74. The maximum Gasteiger partial charge on any atom is 0.221 e. The molecule has 0 unspecified atom stereocenters. The van der Waals surface area contributed by atoms with E-state index in [1.807, 2.05) is 0 Å². The highest BCUT2D eigenvalue weighted by Gasteiger charge is 2.06. The van der Waals surface area contributed by atoms with E-state index in [1.165, 1.54) is 6.07 Å². The van der Waals surface area contributed by atoms with Crippen molar-refractivity contribution in [2.24, 2.45) is 0 Å². The van der Waals surface area contributed by atoms with Gasteiger partial charge in [0.2, 0.25) is 5.89 Å². The monoisotopic (exact) mass is 165 g/mol. The van der Waals surface area contributed by atoms with Crippen LogP contribution in [0.15, 0.2) is 22.6 Å². The SMILES string of the molecule is OCc1nc2cccc(O)c2o1. The summed E-state index contributed by atoms with van der Waals surface area (Å²) in [5.74, 6) is 0.256. The Bertz CT molecular complexity index is 408. The van der Waals surface area contributed by atoms with E-state index in [0.29, 0.717) is 11.1 Å².